The molecule has 0 aliphatic carbocycles. The van der Waals surface area contributed by atoms with Crippen molar-refractivity contribution in [2.45, 2.75) is 13.3 Å². The lowest BCUT2D eigenvalue weighted by atomic mass is 10.1. The van der Waals surface area contributed by atoms with Crippen LogP contribution in [0.2, 0.25) is 0 Å². The van der Waals surface area contributed by atoms with Crippen LogP contribution in [0.5, 0.6) is 11.5 Å². The van der Waals surface area contributed by atoms with Crippen LogP contribution in [0.4, 0.5) is 10.8 Å². The van der Waals surface area contributed by atoms with Gasteiger partial charge in [-0.25, -0.2) is 4.98 Å². The van der Waals surface area contributed by atoms with E-state index < -0.39 is 5.97 Å². The van der Waals surface area contributed by atoms with Crippen molar-refractivity contribution in [3.8, 4) is 22.8 Å². The number of ether oxygens (including phenoxy) is 2. The molecule has 0 aliphatic rings. The van der Waals surface area contributed by atoms with Gasteiger partial charge in [-0.05, 0) is 43.3 Å². The number of nitrogens with one attached hydrogen (secondary N) is 1. The minimum atomic E-state index is -0.894. The standard InChI is InChI=1S/C20H20N2O4S/c1-3-26-14-10-8-13(9-11-14)19-17(12-18(23)24)27-20(22-19)21-15-6-4-5-7-16(15)25-2/h4-11H,3,12H2,1-2H3,(H,21,22)(H,23,24). The summed E-state index contributed by atoms with van der Waals surface area (Å²) in [6.45, 7) is 2.52. The smallest absolute Gasteiger partial charge is 0.308 e. The number of carboxylic acids is 1. The van der Waals surface area contributed by atoms with Gasteiger partial charge in [0, 0.05) is 10.4 Å². The van der Waals surface area contributed by atoms with Crippen LogP contribution in [0, 0.1) is 0 Å². The Labute approximate surface area is 161 Å². The highest BCUT2D eigenvalue weighted by molar-refractivity contribution is 7.16. The van der Waals surface area contributed by atoms with E-state index in [2.05, 4.69) is 10.3 Å². The summed E-state index contributed by atoms with van der Waals surface area (Å²) in [6, 6.07) is 15.0. The zero-order valence-electron chi connectivity index (χ0n) is 15.1. The van der Waals surface area contributed by atoms with Crippen molar-refractivity contribution in [1.29, 1.82) is 0 Å². The van der Waals surface area contributed by atoms with E-state index in [4.69, 9.17) is 9.47 Å². The second kappa shape index (κ2) is 8.55. The predicted octanol–water partition coefficient (Wildman–Crippen LogP) is 4.59. The van der Waals surface area contributed by atoms with Crippen LogP contribution in [-0.4, -0.2) is 29.8 Å². The van der Waals surface area contributed by atoms with Gasteiger partial charge >= 0.3 is 5.97 Å². The van der Waals surface area contributed by atoms with E-state index in [1.54, 1.807) is 7.11 Å². The van der Waals surface area contributed by atoms with Gasteiger partial charge in [-0.2, -0.15) is 0 Å². The van der Waals surface area contributed by atoms with Crippen LogP contribution in [0.1, 0.15) is 11.8 Å². The number of hydrogen-bond acceptors (Lipinski definition) is 6. The first-order valence-electron chi connectivity index (χ1n) is 8.45. The van der Waals surface area contributed by atoms with E-state index in [9.17, 15) is 9.90 Å². The predicted molar refractivity (Wildman–Crippen MR) is 106 cm³/mol. The Morgan fingerprint density at radius 3 is 2.59 bits per heavy atom. The van der Waals surface area contributed by atoms with Crippen molar-refractivity contribution in [2.75, 3.05) is 19.0 Å². The number of para-hydroxylation sites is 2. The molecule has 6 nitrogen and oxygen atoms in total. The fraction of sp³-hybridized carbons (Fsp3) is 0.200. The Morgan fingerprint density at radius 2 is 1.93 bits per heavy atom. The number of anilines is 2. The molecule has 0 fully saturated rings. The highest BCUT2D eigenvalue weighted by atomic mass is 32.1. The number of thiazole rings is 1. The first-order chi connectivity index (χ1) is 13.1. The SMILES string of the molecule is CCOc1ccc(-c2nc(Nc3ccccc3OC)sc2CC(=O)O)cc1. The number of hydrogen-bond donors (Lipinski definition) is 2. The maximum absolute atomic E-state index is 11.3. The number of rotatable bonds is 8. The number of aliphatic carboxylic acids is 1. The van der Waals surface area contributed by atoms with Gasteiger partial charge < -0.3 is 19.9 Å². The molecular formula is C20H20N2O4S. The summed E-state index contributed by atoms with van der Waals surface area (Å²) >= 11 is 1.32. The Balaban J connectivity index is 1.94. The highest BCUT2D eigenvalue weighted by Gasteiger charge is 2.17. The largest absolute Gasteiger partial charge is 0.495 e. The Bertz CT molecular complexity index is 922. The molecule has 2 N–H and O–H groups in total. The fourth-order valence-electron chi connectivity index (χ4n) is 2.63. The molecule has 0 saturated carbocycles. The second-order valence-electron chi connectivity index (χ2n) is 5.64. The summed E-state index contributed by atoms with van der Waals surface area (Å²) in [7, 11) is 1.60. The molecule has 140 valence electrons. The second-order valence-corrected chi connectivity index (χ2v) is 6.73. The molecule has 0 saturated heterocycles. The van der Waals surface area contributed by atoms with Gasteiger partial charge in [0.1, 0.15) is 11.5 Å². The number of carbonyl (C=O) groups is 1. The summed E-state index contributed by atoms with van der Waals surface area (Å²) in [6.07, 6.45) is -0.0895. The molecule has 7 heteroatoms. The van der Waals surface area contributed by atoms with Gasteiger partial charge in [0.05, 0.1) is 31.5 Å². The quantitative estimate of drug-likeness (QED) is 0.591. The molecule has 0 amide bonds. The van der Waals surface area contributed by atoms with E-state index in [0.29, 0.717) is 28.1 Å². The molecule has 0 bridgehead atoms. The van der Waals surface area contributed by atoms with Gasteiger partial charge in [-0.15, -0.1) is 11.3 Å². The number of benzene rings is 2. The topological polar surface area (TPSA) is 80.7 Å². The van der Waals surface area contributed by atoms with Crippen LogP contribution >= 0.6 is 11.3 Å². The molecule has 0 aliphatic heterocycles. The van der Waals surface area contributed by atoms with Crippen molar-refractivity contribution >= 4 is 28.1 Å². The number of aromatic nitrogens is 1. The molecular weight excluding hydrogens is 364 g/mol. The molecule has 2 aromatic carbocycles. The first-order valence-corrected chi connectivity index (χ1v) is 9.27. The van der Waals surface area contributed by atoms with Crippen molar-refractivity contribution in [2.24, 2.45) is 0 Å². The van der Waals surface area contributed by atoms with Crippen LogP contribution in [0.25, 0.3) is 11.3 Å². The number of methoxy groups -OCH3 is 1. The molecule has 0 radical (unpaired) electrons. The minimum absolute atomic E-state index is 0.0895. The van der Waals surface area contributed by atoms with Crippen LogP contribution in [0.3, 0.4) is 0 Å². The summed E-state index contributed by atoms with van der Waals surface area (Å²) in [4.78, 5) is 16.6. The molecule has 1 aromatic heterocycles. The normalized spacial score (nSPS) is 10.4. The summed E-state index contributed by atoms with van der Waals surface area (Å²) in [5.74, 6) is 0.563. The third-order valence-electron chi connectivity index (χ3n) is 3.80. The maximum atomic E-state index is 11.3. The highest BCUT2D eigenvalue weighted by Crippen LogP contribution is 2.35. The summed E-state index contributed by atoms with van der Waals surface area (Å²) in [5, 5.41) is 13.1. The van der Waals surface area contributed by atoms with Crippen molar-refractivity contribution in [3.05, 3.63) is 53.4 Å². The van der Waals surface area contributed by atoms with E-state index in [-0.39, 0.29) is 6.42 Å². The minimum Gasteiger partial charge on any atom is -0.495 e. The average Bonchev–Trinajstić information content (AvgIpc) is 3.04. The number of nitrogens with zero attached hydrogens (tertiary/aromatic N) is 1. The van der Waals surface area contributed by atoms with Crippen molar-refractivity contribution in [3.63, 3.8) is 0 Å². The van der Waals surface area contributed by atoms with Gasteiger partial charge in [0.25, 0.3) is 0 Å². The lowest BCUT2D eigenvalue weighted by molar-refractivity contribution is -0.136. The van der Waals surface area contributed by atoms with Crippen LogP contribution < -0.4 is 14.8 Å². The molecule has 3 rings (SSSR count). The van der Waals surface area contributed by atoms with Crippen LogP contribution in [0.15, 0.2) is 48.5 Å². The molecule has 27 heavy (non-hydrogen) atoms. The fourth-order valence-corrected chi connectivity index (χ4v) is 3.61. The van der Waals surface area contributed by atoms with Crippen molar-refractivity contribution in [1.82, 2.24) is 4.98 Å². The third kappa shape index (κ3) is 4.57. The van der Waals surface area contributed by atoms with Gasteiger partial charge in [0.2, 0.25) is 0 Å². The van der Waals surface area contributed by atoms with Gasteiger partial charge in [0.15, 0.2) is 5.13 Å². The third-order valence-corrected chi connectivity index (χ3v) is 4.77. The molecule has 1 heterocycles. The van der Waals surface area contributed by atoms with Crippen molar-refractivity contribution < 1.29 is 19.4 Å². The van der Waals surface area contributed by atoms with E-state index in [0.717, 1.165) is 17.0 Å². The average molecular weight is 384 g/mol. The zero-order valence-corrected chi connectivity index (χ0v) is 15.9. The van der Waals surface area contributed by atoms with Crippen LogP contribution in [-0.2, 0) is 11.2 Å². The Kier molecular flexibility index (Phi) is 5.93. The lowest BCUT2D eigenvalue weighted by Gasteiger charge is -2.08. The monoisotopic (exact) mass is 384 g/mol. The molecule has 0 spiro atoms. The number of carboxylic acid groups (broad SMARTS) is 1. The Hall–Kier alpha value is -3.06. The molecule has 0 unspecified atom stereocenters. The van der Waals surface area contributed by atoms with Gasteiger partial charge in [-0.1, -0.05) is 12.1 Å². The van der Waals surface area contributed by atoms with E-state index in [1.165, 1.54) is 11.3 Å². The maximum Gasteiger partial charge on any atom is 0.308 e. The zero-order chi connectivity index (χ0) is 19.2. The molecule has 3 aromatic rings. The summed E-state index contributed by atoms with van der Waals surface area (Å²) < 4.78 is 10.8. The van der Waals surface area contributed by atoms with Gasteiger partial charge in [-0.3, -0.25) is 4.79 Å². The summed E-state index contributed by atoms with van der Waals surface area (Å²) in [5.41, 5.74) is 2.27. The lowest BCUT2D eigenvalue weighted by Crippen LogP contribution is -1.99. The molecule has 0 atom stereocenters. The Morgan fingerprint density at radius 1 is 1.19 bits per heavy atom. The van der Waals surface area contributed by atoms with E-state index in [1.807, 2.05) is 55.5 Å². The van der Waals surface area contributed by atoms with E-state index >= 15 is 0 Å². The first kappa shape index (κ1) is 18.7.